The van der Waals surface area contributed by atoms with E-state index in [2.05, 4.69) is 15.0 Å². The van der Waals surface area contributed by atoms with Gasteiger partial charge in [0.15, 0.2) is 29.6 Å². The molecule has 1 aliphatic rings. The highest BCUT2D eigenvalue weighted by molar-refractivity contribution is 5.70. The molecule has 2 aromatic rings. The molecule has 0 aliphatic carbocycles. The van der Waals surface area contributed by atoms with Crippen LogP contribution in [-0.2, 0) is 33.3 Å². The molecule has 0 aromatic carbocycles. The number of fused-ring (bicyclic) bond motifs is 1. The van der Waals surface area contributed by atoms with Crippen molar-refractivity contribution in [3.63, 3.8) is 0 Å². The van der Waals surface area contributed by atoms with E-state index in [1.165, 1.54) is 38.0 Å². The maximum atomic E-state index is 11.9. The molecule has 0 bridgehead atoms. The van der Waals surface area contributed by atoms with Crippen molar-refractivity contribution in [1.29, 1.82) is 0 Å². The van der Waals surface area contributed by atoms with Gasteiger partial charge in [-0.25, -0.2) is 9.97 Å². The van der Waals surface area contributed by atoms with Gasteiger partial charge in [0.2, 0.25) is 0 Å². The lowest BCUT2D eigenvalue weighted by Gasteiger charge is -2.23. The van der Waals surface area contributed by atoms with Gasteiger partial charge in [0.05, 0.1) is 12.7 Å². The molecular weight excluding hydrogens is 378 g/mol. The molecule has 1 N–H and O–H groups in total. The predicted octanol–water partition coefficient (Wildman–Crippen LogP) is -0.556. The summed E-state index contributed by atoms with van der Waals surface area (Å²) >= 11 is 0. The third-order valence-corrected chi connectivity index (χ3v) is 3.98. The minimum atomic E-state index is -1.08. The van der Waals surface area contributed by atoms with Crippen LogP contribution in [0.1, 0.15) is 27.0 Å². The first kappa shape index (κ1) is 19.5. The molecule has 12 heteroatoms. The van der Waals surface area contributed by atoms with Gasteiger partial charge < -0.3 is 23.9 Å². The molecule has 1 aliphatic heterocycles. The fourth-order valence-corrected chi connectivity index (χ4v) is 2.97. The summed E-state index contributed by atoms with van der Waals surface area (Å²) in [6.45, 7) is 3.36. The molecule has 3 heterocycles. The third-order valence-electron chi connectivity index (χ3n) is 3.98. The predicted molar refractivity (Wildman–Crippen MR) is 89.8 cm³/mol. The van der Waals surface area contributed by atoms with Crippen molar-refractivity contribution in [3.8, 4) is 0 Å². The standard InChI is InChI=1S/C16H18N4O8/c1-7(21)25-4-10-12(26-8(2)22)13(27-9(3)23)16(28-10)20-6-19-11-14(20)17-5-18-15(11)24/h5-6,10,12-13,16H,4H2,1-3H3,(H,17,18,24)/t10-,12-,13-,16-/m1/s1/i6+2. The van der Waals surface area contributed by atoms with Crippen LogP contribution in [0.5, 0.6) is 0 Å². The zero-order valence-electron chi connectivity index (χ0n) is 15.3. The van der Waals surface area contributed by atoms with Crippen LogP contribution in [0.2, 0.25) is 0 Å². The molecule has 1 saturated heterocycles. The zero-order valence-corrected chi connectivity index (χ0v) is 15.3. The molecule has 12 nitrogen and oxygen atoms in total. The molecule has 0 amide bonds. The fourth-order valence-electron chi connectivity index (χ4n) is 2.97. The zero-order chi connectivity index (χ0) is 20.4. The summed E-state index contributed by atoms with van der Waals surface area (Å²) in [6.07, 6.45) is -1.58. The first-order chi connectivity index (χ1) is 13.3. The van der Waals surface area contributed by atoms with Gasteiger partial charge in [-0.05, 0) is 0 Å². The van der Waals surface area contributed by atoms with Crippen molar-refractivity contribution in [1.82, 2.24) is 19.5 Å². The Morgan fingerprint density at radius 3 is 2.50 bits per heavy atom. The topological polar surface area (TPSA) is 152 Å². The number of H-pyrrole nitrogens is 1. The number of ether oxygens (including phenoxy) is 4. The van der Waals surface area contributed by atoms with Gasteiger partial charge >= 0.3 is 17.9 Å². The van der Waals surface area contributed by atoms with Crippen LogP contribution in [0.15, 0.2) is 17.4 Å². The summed E-state index contributed by atoms with van der Waals surface area (Å²) in [5.41, 5.74) is -0.223. The lowest BCUT2D eigenvalue weighted by Crippen LogP contribution is -2.40. The van der Waals surface area contributed by atoms with E-state index in [0.29, 0.717) is 0 Å². The second kappa shape index (κ2) is 7.76. The molecule has 0 radical (unpaired) electrons. The van der Waals surface area contributed by atoms with Crippen molar-refractivity contribution >= 4 is 29.1 Å². The number of carbonyl (C=O) groups excluding carboxylic acids is 3. The smallest absolute Gasteiger partial charge is 0.303 e. The number of hydrogen-bond donors (Lipinski definition) is 1. The summed E-state index contributed by atoms with van der Waals surface area (Å²) in [5, 5.41) is 0. The van der Waals surface area contributed by atoms with Gasteiger partial charge in [0, 0.05) is 20.8 Å². The molecule has 4 atom stereocenters. The van der Waals surface area contributed by atoms with E-state index in [0.717, 1.165) is 0 Å². The number of imidazole rings is 1. The molecular formula is C16H18N4O8. The molecule has 3 rings (SSSR count). The summed E-state index contributed by atoms with van der Waals surface area (Å²) in [7, 11) is 0. The summed E-state index contributed by atoms with van der Waals surface area (Å²) in [4.78, 5) is 56.8. The van der Waals surface area contributed by atoms with E-state index in [1.807, 2.05) is 0 Å². The fraction of sp³-hybridized carbons (Fsp3) is 0.500. The van der Waals surface area contributed by atoms with Crippen molar-refractivity contribution in [3.05, 3.63) is 23.0 Å². The van der Waals surface area contributed by atoms with Crippen molar-refractivity contribution < 1.29 is 33.3 Å². The number of aromatic nitrogens is 4. The van der Waals surface area contributed by atoms with E-state index in [9.17, 15) is 19.2 Å². The van der Waals surface area contributed by atoms with E-state index in [-0.39, 0.29) is 17.8 Å². The number of esters is 3. The van der Waals surface area contributed by atoms with Gasteiger partial charge in [0.1, 0.15) is 12.7 Å². The van der Waals surface area contributed by atoms with Gasteiger partial charge in [-0.1, -0.05) is 0 Å². The Bertz CT molecular complexity index is 967. The average molecular weight is 396 g/mol. The second-order valence-corrected chi connectivity index (χ2v) is 6.07. The number of carbonyl (C=O) groups is 3. The van der Waals surface area contributed by atoms with Gasteiger partial charge in [0.25, 0.3) is 5.56 Å². The lowest BCUT2D eigenvalue weighted by atomic mass is 10.1. The summed E-state index contributed by atoms with van der Waals surface area (Å²) < 4.78 is 22.8. The highest BCUT2D eigenvalue weighted by Crippen LogP contribution is 2.35. The van der Waals surface area contributed by atoms with Crippen LogP contribution in [0.25, 0.3) is 11.2 Å². The van der Waals surface area contributed by atoms with Crippen LogP contribution >= 0.6 is 0 Å². The van der Waals surface area contributed by atoms with Crippen LogP contribution < -0.4 is 5.56 Å². The van der Waals surface area contributed by atoms with Crippen LogP contribution in [0, 0.1) is 0 Å². The van der Waals surface area contributed by atoms with Crippen molar-refractivity contribution in [2.45, 2.75) is 45.3 Å². The van der Waals surface area contributed by atoms with Crippen molar-refractivity contribution in [2.24, 2.45) is 0 Å². The Balaban J connectivity index is 2.02. The first-order valence-electron chi connectivity index (χ1n) is 8.31. The molecule has 0 spiro atoms. The minimum Gasteiger partial charge on any atom is -0.463 e. The number of hydrogen-bond acceptors (Lipinski definition) is 10. The van der Waals surface area contributed by atoms with Gasteiger partial charge in [-0.15, -0.1) is 0 Å². The average Bonchev–Trinajstić information content (AvgIpc) is 3.16. The number of aromatic amines is 1. The highest BCUT2D eigenvalue weighted by atomic mass is 16.7. The summed E-state index contributed by atoms with van der Waals surface area (Å²) in [6, 6.07) is 0. The highest BCUT2D eigenvalue weighted by Gasteiger charge is 2.51. The molecule has 150 valence electrons. The van der Waals surface area contributed by atoms with Crippen LogP contribution in [-0.4, -0.2) is 62.3 Å². The molecule has 0 saturated carbocycles. The monoisotopic (exact) mass is 396 g/mol. The molecule has 0 unspecified atom stereocenters. The van der Waals surface area contributed by atoms with Gasteiger partial charge in [-0.2, -0.15) is 0 Å². The van der Waals surface area contributed by atoms with E-state index < -0.39 is 48.0 Å². The first-order valence-corrected chi connectivity index (χ1v) is 8.31. The number of rotatable bonds is 5. The lowest BCUT2D eigenvalue weighted by molar-refractivity contribution is -0.166. The Labute approximate surface area is 157 Å². The third kappa shape index (κ3) is 3.86. The van der Waals surface area contributed by atoms with E-state index >= 15 is 0 Å². The Morgan fingerprint density at radius 1 is 1.18 bits per heavy atom. The minimum absolute atomic E-state index is 0.0557. The summed E-state index contributed by atoms with van der Waals surface area (Å²) in [5.74, 6) is -1.83. The van der Waals surface area contributed by atoms with E-state index in [1.54, 1.807) is 0 Å². The quantitative estimate of drug-likeness (QED) is 0.514. The molecule has 1 fully saturated rings. The van der Waals surface area contributed by atoms with Crippen LogP contribution in [0.4, 0.5) is 0 Å². The molecule has 2 aromatic heterocycles. The van der Waals surface area contributed by atoms with Gasteiger partial charge in [-0.3, -0.25) is 23.7 Å². The Morgan fingerprint density at radius 2 is 1.86 bits per heavy atom. The SMILES string of the molecule is CC(=O)OC[C@H]1O[C@@H](n2[14cH]nc3c(=O)[nH]cnc32)[C@H](OC(C)=O)[C@@H]1OC(C)=O. The maximum absolute atomic E-state index is 11.9. The Kier molecular flexibility index (Phi) is 5.40. The Hall–Kier alpha value is -3.28. The maximum Gasteiger partial charge on any atom is 0.303 e. The number of nitrogens with zero attached hydrogens (tertiary/aromatic N) is 3. The normalized spacial score (nSPS) is 24.1. The van der Waals surface area contributed by atoms with E-state index in [4.69, 9.17) is 18.9 Å². The largest absolute Gasteiger partial charge is 0.463 e. The van der Waals surface area contributed by atoms with Crippen molar-refractivity contribution in [2.75, 3.05) is 6.61 Å². The van der Waals surface area contributed by atoms with Crippen LogP contribution in [0.3, 0.4) is 0 Å². The molecule has 28 heavy (non-hydrogen) atoms. The number of nitrogens with one attached hydrogen (secondary N) is 1. The second-order valence-electron chi connectivity index (χ2n) is 6.07.